The first-order valence-electron chi connectivity index (χ1n) is 17.5. The van der Waals surface area contributed by atoms with Gasteiger partial charge in [-0.05, 0) is 93.6 Å². The fourth-order valence-electron chi connectivity index (χ4n) is 7.22. The van der Waals surface area contributed by atoms with Gasteiger partial charge in [0.15, 0.2) is 0 Å². The highest BCUT2D eigenvalue weighted by molar-refractivity contribution is 5.74. The lowest BCUT2D eigenvalue weighted by molar-refractivity contribution is -0.135. The Labute approximate surface area is 276 Å². The maximum absolute atomic E-state index is 13.4. The predicted molar refractivity (Wildman–Crippen MR) is 191 cm³/mol. The van der Waals surface area contributed by atoms with Crippen LogP contribution in [0.25, 0.3) is 0 Å². The second-order valence-electron chi connectivity index (χ2n) is 18.0. The Morgan fingerprint density at radius 3 is 1.22 bits per heavy atom. The molecule has 4 nitrogen and oxygen atoms in total. The van der Waals surface area contributed by atoms with Gasteiger partial charge in [0.2, 0.25) is 5.91 Å². The van der Waals surface area contributed by atoms with E-state index < -0.39 is 0 Å². The Morgan fingerprint density at radius 2 is 0.956 bits per heavy atom. The van der Waals surface area contributed by atoms with Gasteiger partial charge in [-0.15, -0.1) is 0 Å². The van der Waals surface area contributed by atoms with Crippen molar-refractivity contribution in [1.29, 1.82) is 0 Å². The van der Waals surface area contributed by atoms with Crippen molar-refractivity contribution in [3.8, 4) is 11.5 Å². The molecule has 1 fully saturated rings. The van der Waals surface area contributed by atoms with E-state index >= 15 is 0 Å². The van der Waals surface area contributed by atoms with Crippen molar-refractivity contribution in [2.75, 3.05) is 0 Å². The van der Waals surface area contributed by atoms with E-state index in [2.05, 4.69) is 112 Å². The molecule has 3 rings (SSSR count). The summed E-state index contributed by atoms with van der Waals surface area (Å²) in [4.78, 5) is 15.6. The van der Waals surface area contributed by atoms with Gasteiger partial charge in [0.25, 0.3) is 0 Å². The molecule has 1 aliphatic carbocycles. The molecular weight excluding hydrogens is 554 g/mol. The predicted octanol–water partition coefficient (Wildman–Crippen LogP) is 10.4. The Bertz CT molecular complexity index is 1160. The van der Waals surface area contributed by atoms with Crippen LogP contribution in [0.2, 0.25) is 0 Å². The molecule has 0 unspecified atom stereocenters. The van der Waals surface area contributed by atoms with E-state index in [1.807, 2.05) is 0 Å². The van der Waals surface area contributed by atoms with Crippen molar-refractivity contribution in [2.45, 2.75) is 182 Å². The lowest BCUT2D eigenvalue weighted by Gasteiger charge is -2.40. The molecule has 45 heavy (non-hydrogen) atoms. The highest BCUT2D eigenvalue weighted by atomic mass is 16.3. The van der Waals surface area contributed by atoms with E-state index in [9.17, 15) is 15.0 Å². The van der Waals surface area contributed by atoms with Gasteiger partial charge in [-0.1, -0.05) is 127 Å². The molecule has 0 atom stereocenters. The van der Waals surface area contributed by atoms with Crippen molar-refractivity contribution < 1.29 is 15.0 Å². The van der Waals surface area contributed by atoms with E-state index in [0.29, 0.717) is 17.5 Å². The van der Waals surface area contributed by atoms with E-state index in [1.165, 1.54) is 30.4 Å². The number of benzene rings is 2. The molecule has 0 aliphatic heterocycles. The molecule has 0 spiro atoms. The number of nitrogens with zero attached hydrogens (tertiary/aromatic N) is 1. The molecule has 0 bridgehead atoms. The van der Waals surface area contributed by atoms with E-state index in [4.69, 9.17) is 0 Å². The molecule has 2 aromatic carbocycles. The molecule has 2 aromatic rings. The lowest BCUT2D eigenvalue weighted by Crippen LogP contribution is -2.47. The van der Waals surface area contributed by atoms with Gasteiger partial charge in [-0.2, -0.15) is 0 Å². The zero-order valence-corrected chi connectivity index (χ0v) is 31.1. The zero-order valence-electron chi connectivity index (χ0n) is 31.1. The molecule has 0 aromatic heterocycles. The summed E-state index contributed by atoms with van der Waals surface area (Å²) in [7, 11) is 0. The summed E-state index contributed by atoms with van der Waals surface area (Å²) >= 11 is 0. The molecule has 252 valence electrons. The summed E-state index contributed by atoms with van der Waals surface area (Å²) in [5, 5.41) is 22.6. The minimum Gasteiger partial charge on any atom is -0.507 e. The number of hydrogen-bond acceptors (Lipinski definition) is 3. The van der Waals surface area contributed by atoms with Gasteiger partial charge in [-0.25, -0.2) is 0 Å². The first kappa shape index (κ1) is 37.0. The number of carbonyl (C=O) groups is 1. The van der Waals surface area contributed by atoms with Gasteiger partial charge in [0, 0.05) is 19.0 Å². The fourth-order valence-corrected chi connectivity index (χ4v) is 7.22. The number of hydrogen-bond donors (Lipinski definition) is 2. The number of phenols is 2. The Morgan fingerprint density at radius 1 is 0.644 bits per heavy atom. The molecule has 1 amide bonds. The highest BCUT2D eigenvalue weighted by Gasteiger charge is 2.32. The standard InChI is InChI=1S/C41H65NO3/c1-27(43)42(30-17-15-14-16-18-30)31(21-19-28-23-32(38(2,3)4)36(44)33(24-28)39(5,6)7)22-20-29-25-34(40(8,9)10)37(45)35(26-29)41(11,12)13/h23-26,30-31,44-45H,14-22H2,1-13H3. The number of phenolic OH excluding ortho intramolecular Hbond substituents is 2. The molecule has 4 heteroatoms. The van der Waals surface area contributed by atoms with Gasteiger partial charge in [-0.3, -0.25) is 4.79 Å². The van der Waals surface area contributed by atoms with Crippen LogP contribution in [0.3, 0.4) is 0 Å². The van der Waals surface area contributed by atoms with Crippen LogP contribution in [0.15, 0.2) is 24.3 Å². The quantitative estimate of drug-likeness (QED) is 0.309. The van der Waals surface area contributed by atoms with Crippen LogP contribution >= 0.6 is 0 Å². The summed E-state index contributed by atoms with van der Waals surface area (Å²) < 4.78 is 0. The number of aryl methyl sites for hydroxylation is 2. The van der Waals surface area contributed by atoms with Crippen molar-refractivity contribution in [2.24, 2.45) is 0 Å². The SMILES string of the molecule is CC(=O)N(C1CCCCC1)C(CCc1cc(C(C)(C)C)c(O)c(C(C)(C)C)c1)CCc1cc(C(C)(C)C)c(O)c(C(C)(C)C)c1. The molecule has 0 heterocycles. The van der Waals surface area contributed by atoms with E-state index in [1.54, 1.807) is 6.92 Å². The largest absolute Gasteiger partial charge is 0.507 e. The van der Waals surface area contributed by atoms with Gasteiger partial charge < -0.3 is 15.1 Å². The zero-order chi connectivity index (χ0) is 34.1. The van der Waals surface area contributed by atoms with E-state index in [0.717, 1.165) is 60.8 Å². The normalized spacial score (nSPS) is 15.5. The number of rotatable bonds is 8. The van der Waals surface area contributed by atoms with Gasteiger partial charge >= 0.3 is 0 Å². The summed E-state index contributed by atoms with van der Waals surface area (Å²) in [5.41, 5.74) is 5.71. The molecule has 1 aliphatic rings. The van der Waals surface area contributed by atoms with Crippen LogP contribution in [0.4, 0.5) is 0 Å². The monoisotopic (exact) mass is 619 g/mol. The Hall–Kier alpha value is -2.49. The summed E-state index contributed by atoms with van der Waals surface area (Å²) in [6.07, 6.45) is 9.25. The van der Waals surface area contributed by atoms with Crippen LogP contribution in [-0.4, -0.2) is 33.1 Å². The molecular formula is C41H65NO3. The molecule has 0 saturated heterocycles. The summed E-state index contributed by atoms with van der Waals surface area (Å²) in [6.45, 7) is 27.7. The average Bonchev–Trinajstić information content (AvgIpc) is 2.89. The number of amides is 1. The number of aromatic hydroxyl groups is 2. The van der Waals surface area contributed by atoms with Crippen molar-refractivity contribution in [1.82, 2.24) is 4.90 Å². The van der Waals surface area contributed by atoms with Crippen molar-refractivity contribution in [3.05, 3.63) is 57.6 Å². The topological polar surface area (TPSA) is 60.8 Å². The minimum absolute atomic E-state index is 0.112. The maximum atomic E-state index is 13.4. The van der Waals surface area contributed by atoms with Crippen LogP contribution in [-0.2, 0) is 39.3 Å². The van der Waals surface area contributed by atoms with Crippen LogP contribution < -0.4 is 0 Å². The second-order valence-corrected chi connectivity index (χ2v) is 18.0. The third-order valence-electron chi connectivity index (χ3n) is 9.83. The third kappa shape index (κ3) is 9.29. The van der Waals surface area contributed by atoms with Gasteiger partial charge in [0.05, 0.1) is 0 Å². The Kier molecular flexibility index (Phi) is 11.3. The van der Waals surface area contributed by atoms with E-state index in [-0.39, 0.29) is 33.6 Å². The second kappa shape index (κ2) is 13.7. The molecule has 0 radical (unpaired) electrons. The van der Waals surface area contributed by atoms with Gasteiger partial charge in [0.1, 0.15) is 11.5 Å². The number of carbonyl (C=O) groups excluding carboxylic acids is 1. The first-order chi connectivity index (χ1) is 20.5. The summed E-state index contributed by atoms with van der Waals surface area (Å²) in [5.74, 6) is 1.01. The molecule has 1 saturated carbocycles. The smallest absolute Gasteiger partial charge is 0.219 e. The van der Waals surface area contributed by atoms with Crippen molar-refractivity contribution >= 4 is 5.91 Å². The molecule has 2 N–H and O–H groups in total. The lowest BCUT2D eigenvalue weighted by atomic mass is 9.77. The maximum Gasteiger partial charge on any atom is 0.219 e. The third-order valence-corrected chi connectivity index (χ3v) is 9.83. The fraction of sp³-hybridized carbons (Fsp3) is 0.683. The van der Waals surface area contributed by atoms with Crippen LogP contribution in [0.5, 0.6) is 11.5 Å². The highest BCUT2D eigenvalue weighted by Crippen LogP contribution is 2.42. The minimum atomic E-state index is -0.179. The van der Waals surface area contributed by atoms with Crippen LogP contribution in [0.1, 0.15) is 168 Å². The summed E-state index contributed by atoms with van der Waals surface area (Å²) in [6, 6.07) is 9.21. The first-order valence-corrected chi connectivity index (χ1v) is 17.5. The van der Waals surface area contributed by atoms with Crippen LogP contribution in [0, 0.1) is 0 Å². The Balaban J connectivity index is 2.04. The average molecular weight is 620 g/mol. The van der Waals surface area contributed by atoms with Crippen molar-refractivity contribution in [3.63, 3.8) is 0 Å².